The van der Waals surface area contributed by atoms with Gasteiger partial charge in [0.2, 0.25) is 0 Å². The highest BCUT2D eigenvalue weighted by atomic mass is 79.9. The Morgan fingerprint density at radius 1 is 0.969 bits per heavy atom. The standard InChI is InChI=1S/C26H27BrN2O3/c1-3-4-16-32-24-15-12-21(27)17-23(24)26(31)29-22-13-10-20(11-14-22)25(30)28-18(2)19-8-6-5-7-9-19/h5-15,17-18H,3-4,16H2,1-2H3,(H,28,30)(H,29,31). The van der Waals surface area contributed by atoms with Gasteiger partial charge in [-0.15, -0.1) is 0 Å². The molecule has 0 saturated heterocycles. The number of hydrogen-bond donors (Lipinski definition) is 2. The van der Waals surface area contributed by atoms with Crippen molar-refractivity contribution in [3.05, 3.63) is 94.0 Å². The molecule has 3 aromatic rings. The summed E-state index contributed by atoms with van der Waals surface area (Å²) in [6.07, 6.45) is 1.94. The maximum Gasteiger partial charge on any atom is 0.259 e. The van der Waals surface area contributed by atoms with Crippen molar-refractivity contribution >= 4 is 33.4 Å². The molecule has 0 aliphatic carbocycles. The van der Waals surface area contributed by atoms with Gasteiger partial charge < -0.3 is 15.4 Å². The maximum atomic E-state index is 12.8. The first-order valence-corrected chi connectivity index (χ1v) is 11.5. The summed E-state index contributed by atoms with van der Waals surface area (Å²) in [5.41, 5.74) is 2.61. The predicted octanol–water partition coefficient (Wildman–Crippen LogP) is 6.37. The van der Waals surface area contributed by atoms with E-state index in [1.807, 2.05) is 43.3 Å². The van der Waals surface area contributed by atoms with E-state index in [2.05, 4.69) is 33.5 Å². The molecule has 1 unspecified atom stereocenters. The minimum Gasteiger partial charge on any atom is -0.493 e. The Morgan fingerprint density at radius 3 is 2.38 bits per heavy atom. The summed E-state index contributed by atoms with van der Waals surface area (Å²) in [6.45, 7) is 4.59. The van der Waals surface area contributed by atoms with Crippen LogP contribution in [0.3, 0.4) is 0 Å². The Morgan fingerprint density at radius 2 is 1.69 bits per heavy atom. The van der Waals surface area contributed by atoms with Crippen molar-refractivity contribution in [2.75, 3.05) is 11.9 Å². The van der Waals surface area contributed by atoms with Crippen molar-refractivity contribution in [3.63, 3.8) is 0 Å². The molecule has 0 spiro atoms. The van der Waals surface area contributed by atoms with E-state index < -0.39 is 0 Å². The summed E-state index contributed by atoms with van der Waals surface area (Å²) in [6, 6.07) is 21.9. The second-order valence-corrected chi connectivity index (χ2v) is 8.40. The summed E-state index contributed by atoms with van der Waals surface area (Å²) in [7, 11) is 0. The van der Waals surface area contributed by atoms with Crippen LogP contribution < -0.4 is 15.4 Å². The first kappa shape index (κ1) is 23.5. The summed E-state index contributed by atoms with van der Waals surface area (Å²) in [5.74, 6) is 0.107. The van der Waals surface area contributed by atoms with Crippen molar-refractivity contribution in [2.45, 2.75) is 32.7 Å². The van der Waals surface area contributed by atoms with Crippen molar-refractivity contribution in [2.24, 2.45) is 0 Å². The van der Waals surface area contributed by atoms with Gasteiger partial charge in [-0.2, -0.15) is 0 Å². The summed E-state index contributed by atoms with van der Waals surface area (Å²) in [5, 5.41) is 5.87. The highest BCUT2D eigenvalue weighted by Crippen LogP contribution is 2.25. The molecular formula is C26H27BrN2O3. The van der Waals surface area contributed by atoms with Gasteiger partial charge in [0.25, 0.3) is 11.8 Å². The van der Waals surface area contributed by atoms with Crippen molar-refractivity contribution in [3.8, 4) is 5.75 Å². The molecule has 0 saturated carbocycles. The Bertz CT molecular complexity index is 1050. The normalized spacial score (nSPS) is 11.5. The Kier molecular flexibility index (Phi) is 8.45. The van der Waals surface area contributed by atoms with Gasteiger partial charge in [-0.25, -0.2) is 0 Å². The summed E-state index contributed by atoms with van der Waals surface area (Å²) in [4.78, 5) is 25.4. The van der Waals surface area contributed by atoms with Gasteiger partial charge in [-0.1, -0.05) is 59.6 Å². The third-order valence-corrected chi connectivity index (χ3v) is 5.49. The topological polar surface area (TPSA) is 67.4 Å². The van der Waals surface area contributed by atoms with Crippen molar-refractivity contribution < 1.29 is 14.3 Å². The van der Waals surface area contributed by atoms with Crippen LogP contribution in [-0.2, 0) is 0 Å². The van der Waals surface area contributed by atoms with E-state index in [-0.39, 0.29) is 17.9 Å². The number of carbonyl (C=O) groups is 2. The molecule has 1 atom stereocenters. The summed E-state index contributed by atoms with van der Waals surface area (Å²) < 4.78 is 6.58. The molecule has 5 nitrogen and oxygen atoms in total. The van der Waals surface area contributed by atoms with Gasteiger partial charge in [-0.05, 0) is 61.4 Å². The van der Waals surface area contributed by atoms with Crippen LogP contribution in [0.15, 0.2) is 77.3 Å². The van der Waals surface area contributed by atoms with Crippen molar-refractivity contribution in [1.29, 1.82) is 0 Å². The molecule has 3 rings (SSSR count). The first-order valence-electron chi connectivity index (χ1n) is 10.7. The fourth-order valence-electron chi connectivity index (χ4n) is 3.14. The molecule has 32 heavy (non-hydrogen) atoms. The molecule has 0 bridgehead atoms. The number of benzene rings is 3. The summed E-state index contributed by atoms with van der Waals surface area (Å²) >= 11 is 3.41. The molecule has 2 amide bonds. The smallest absolute Gasteiger partial charge is 0.259 e. The van der Waals surface area contributed by atoms with Crippen LogP contribution in [0.4, 0.5) is 5.69 Å². The highest BCUT2D eigenvalue weighted by Gasteiger charge is 2.15. The SMILES string of the molecule is CCCCOc1ccc(Br)cc1C(=O)Nc1ccc(C(=O)NC(C)c2ccccc2)cc1. The van der Waals surface area contributed by atoms with Crippen LogP contribution in [0.25, 0.3) is 0 Å². The van der Waals surface area contributed by atoms with E-state index in [1.165, 1.54) is 0 Å². The lowest BCUT2D eigenvalue weighted by molar-refractivity contribution is 0.0939. The number of carbonyl (C=O) groups excluding carboxylic acids is 2. The minimum absolute atomic E-state index is 0.106. The van der Waals surface area contributed by atoms with Crippen LogP contribution in [0, 0.1) is 0 Å². The quantitative estimate of drug-likeness (QED) is 0.339. The molecule has 0 radical (unpaired) electrons. The van der Waals surface area contributed by atoms with Gasteiger partial charge in [0, 0.05) is 15.7 Å². The number of unbranched alkanes of at least 4 members (excludes halogenated alkanes) is 1. The number of nitrogens with one attached hydrogen (secondary N) is 2. The Balaban J connectivity index is 1.65. The van der Waals surface area contributed by atoms with Gasteiger partial charge in [0.05, 0.1) is 18.2 Å². The van der Waals surface area contributed by atoms with Crippen molar-refractivity contribution in [1.82, 2.24) is 5.32 Å². The van der Waals surface area contributed by atoms with Gasteiger partial charge >= 0.3 is 0 Å². The molecule has 2 N–H and O–H groups in total. The largest absolute Gasteiger partial charge is 0.493 e. The second kappa shape index (κ2) is 11.5. The van der Waals surface area contributed by atoms with Gasteiger partial charge in [0.1, 0.15) is 5.75 Å². The van der Waals surface area contributed by atoms with E-state index in [4.69, 9.17) is 4.74 Å². The van der Waals surface area contributed by atoms with Crippen LogP contribution in [0.2, 0.25) is 0 Å². The Hall–Kier alpha value is -3.12. The van der Waals surface area contributed by atoms with E-state index in [0.717, 1.165) is 22.9 Å². The highest BCUT2D eigenvalue weighted by molar-refractivity contribution is 9.10. The average molecular weight is 495 g/mol. The van der Waals surface area contributed by atoms with Crippen LogP contribution >= 0.6 is 15.9 Å². The molecule has 0 aliphatic heterocycles. The first-order chi connectivity index (χ1) is 15.5. The number of rotatable bonds is 9. The monoisotopic (exact) mass is 494 g/mol. The minimum atomic E-state index is -0.271. The molecule has 166 valence electrons. The molecule has 0 aliphatic rings. The number of halogens is 1. The van der Waals surface area contributed by atoms with Crippen LogP contribution in [0.1, 0.15) is 59.0 Å². The Labute approximate surface area is 197 Å². The molecule has 6 heteroatoms. The zero-order chi connectivity index (χ0) is 22.9. The number of hydrogen-bond acceptors (Lipinski definition) is 3. The molecular weight excluding hydrogens is 468 g/mol. The molecule has 0 fully saturated rings. The zero-order valence-corrected chi connectivity index (χ0v) is 19.8. The predicted molar refractivity (Wildman–Crippen MR) is 131 cm³/mol. The van der Waals surface area contributed by atoms with E-state index in [9.17, 15) is 9.59 Å². The fraction of sp³-hybridized carbons (Fsp3) is 0.231. The van der Waals surface area contributed by atoms with E-state index >= 15 is 0 Å². The molecule has 0 heterocycles. The molecule has 0 aromatic heterocycles. The lowest BCUT2D eigenvalue weighted by Crippen LogP contribution is -2.26. The zero-order valence-electron chi connectivity index (χ0n) is 18.2. The van der Waals surface area contributed by atoms with Crippen LogP contribution in [0.5, 0.6) is 5.75 Å². The lowest BCUT2D eigenvalue weighted by atomic mass is 10.1. The third-order valence-electron chi connectivity index (χ3n) is 4.99. The molecule has 3 aromatic carbocycles. The average Bonchev–Trinajstić information content (AvgIpc) is 2.81. The van der Waals surface area contributed by atoms with Crippen LogP contribution in [-0.4, -0.2) is 18.4 Å². The van der Waals surface area contributed by atoms with E-state index in [1.54, 1.807) is 36.4 Å². The third kappa shape index (κ3) is 6.44. The number of ether oxygens (including phenoxy) is 1. The van der Waals surface area contributed by atoms with Gasteiger partial charge in [0.15, 0.2) is 0 Å². The maximum absolute atomic E-state index is 12.8. The number of amides is 2. The second-order valence-electron chi connectivity index (χ2n) is 7.48. The fourth-order valence-corrected chi connectivity index (χ4v) is 3.50. The number of anilines is 1. The lowest BCUT2D eigenvalue weighted by Gasteiger charge is -2.15. The van der Waals surface area contributed by atoms with E-state index in [0.29, 0.717) is 29.2 Å². The van der Waals surface area contributed by atoms with Gasteiger partial charge in [-0.3, -0.25) is 9.59 Å².